The van der Waals surface area contributed by atoms with E-state index in [1.54, 1.807) is 0 Å². The van der Waals surface area contributed by atoms with Crippen LogP contribution < -0.4 is 0 Å². The molecule has 3 rings (SSSR count). The zero-order valence-corrected chi connectivity index (χ0v) is 10.7. The SMILES string of the molecule is O=C(O)Cn1cnc2ccc(-c3noc(C(F)(F)F)n3)cc21. The monoisotopic (exact) mass is 312 g/mol. The minimum atomic E-state index is -4.72. The molecule has 0 aliphatic carbocycles. The Morgan fingerprint density at radius 3 is 2.77 bits per heavy atom. The van der Waals surface area contributed by atoms with E-state index in [0.29, 0.717) is 11.0 Å². The molecule has 0 bridgehead atoms. The second kappa shape index (κ2) is 4.83. The summed E-state index contributed by atoms with van der Waals surface area (Å²) in [5.74, 6) is -2.75. The summed E-state index contributed by atoms with van der Waals surface area (Å²) in [6.45, 7) is -0.319. The van der Waals surface area contributed by atoms with Crippen LogP contribution in [0, 0.1) is 0 Å². The van der Waals surface area contributed by atoms with Crippen LogP contribution in [0.2, 0.25) is 0 Å². The van der Waals surface area contributed by atoms with Crippen LogP contribution in [0.15, 0.2) is 29.0 Å². The van der Waals surface area contributed by atoms with Crippen LogP contribution >= 0.6 is 0 Å². The molecule has 0 spiro atoms. The summed E-state index contributed by atoms with van der Waals surface area (Å²) in [6.07, 6.45) is -3.39. The van der Waals surface area contributed by atoms with Crippen LogP contribution in [0.25, 0.3) is 22.4 Å². The summed E-state index contributed by atoms with van der Waals surface area (Å²) in [6, 6.07) is 4.47. The number of hydrogen-bond acceptors (Lipinski definition) is 5. The van der Waals surface area contributed by atoms with Gasteiger partial charge in [-0.3, -0.25) is 4.79 Å². The lowest BCUT2D eigenvalue weighted by Crippen LogP contribution is -2.07. The molecule has 10 heteroatoms. The molecule has 0 saturated carbocycles. The van der Waals surface area contributed by atoms with Crippen molar-refractivity contribution in [2.24, 2.45) is 0 Å². The minimum Gasteiger partial charge on any atom is -0.480 e. The molecular formula is C12H7F3N4O3. The predicted molar refractivity (Wildman–Crippen MR) is 65.7 cm³/mol. The van der Waals surface area contributed by atoms with E-state index in [0.717, 1.165) is 0 Å². The van der Waals surface area contributed by atoms with Gasteiger partial charge in [0.15, 0.2) is 0 Å². The van der Waals surface area contributed by atoms with Gasteiger partial charge in [0.05, 0.1) is 17.4 Å². The Hall–Kier alpha value is -2.91. The summed E-state index contributed by atoms with van der Waals surface area (Å²) < 4.78 is 42.9. The molecule has 2 heterocycles. The largest absolute Gasteiger partial charge is 0.480 e. The van der Waals surface area contributed by atoms with E-state index < -0.39 is 18.0 Å². The molecule has 0 amide bonds. The number of alkyl halides is 3. The van der Waals surface area contributed by atoms with E-state index in [1.165, 1.54) is 29.1 Å². The molecule has 0 aliphatic heterocycles. The number of rotatable bonds is 3. The number of aromatic nitrogens is 4. The van der Waals surface area contributed by atoms with Gasteiger partial charge in [-0.1, -0.05) is 5.16 Å². The molecule has 0 saturated heterocycles. The summed E-state index contributed by atoms with van der Waals surface area (Å²) in [5.41, 5.74) is 1.21. The third-order valence-electron chi connectivity index (χ3n) is 2.85. The van der Waals surface area contributed by atoms with E-state index >= 15 is 0 Å². The van der Waals surface area contributed by atoms with E-state index in [2.05, 4.69) is 19.6 Å². The van der Waals surface area contributed by atoms with Crippen molar-refractivity contribution in [3.63, 3.8) is 0 Å². The van der Waals surface area contributed by atoms with Crippen molar-refractivity contribution < 1.29 is 27.6 Å². The molecule has 0 radical (unpaired) electrons. The maximum atomic E-state index is 12.5. The van der Waals surface area contributed by atoms with Gasteiger partial charge in [0, 0.05) is 5.56 Å². The Labute approximate surface area is 120 Å². The molecular weight excluding hydrogens is 305 g/mol. The molecule has 1 aromatic carbocycles. The van der Waals surface area contributed by atoms with Gasteiger partial charge in [0.25, 0.3) is 0 Å². The van der Waals surface area contributed by atoms with Crippen molar-refractivity contribution in [1.82, 2.24) is 19.7 Å². The van der Waals surface area contributed by atoms with Crippen molar-refractivity contribution in [1.29, 1.82) is 0 Å². The highest BCUT2D eigenvalue weighted by Crippen LogP contribution is 2.30. The molecule has 114 valence electrons. The number of aliphatic carboxylic acids is 1. The molecule has 22 heavy (non-hydrogen) atoms. The number of carbonyl (C=O) groups is 1. The maximum absolute atomic E-state index is 12.5. The van der Waals surface area contributed by atoms with Crippen LogP contribution in [-0.4, -0.2) is 30.8 Å². The molecule has 7 nitrogen and oxygen atoms in total. The number of carboxylic acid groups (broad SMARTS) is 1. The van der Waals surface area contributed by atoms with E-state index in [4.69, 9.17) is 5.11 Å². The predicted octanol–water partition coefficient (Wildman–Crippen LogP) is 2.19. The summed E-state index contributed by atoms with van der Waals surface area (Å²) in [7, 11) is 0. The second-order valence-electron chi connectivity index (χ2n) is 4.39. The van der Waals surface area contributed by atoms with Crippen LogP contribution in [0.3, 0.4) is 0 Å². The number of hydrogen-bond donors (Lipinski definition) is 1. The van der Waals surface area contributed by atoms with Gasteiger partial charge in [0.2, 0.25) is 5.82 Å². The Kier molecular flexibility index (Phi) is 3.08. The smallest absolute Gasteiger partial charge is 0.471 e. The fourth-order valence-corrected chi connectivity index (χ4v) is 1.92. The number of carboxylic acids is 1. The number of nitrogens with zero attached hydrogens (tertiary/aromatic N) is 4. The van der Waals surface area contributed by atoms with Crippen LogP contribution in [-0.2, 0) is 17.5 Å². The lowest BCUT2D eigenvalue weighted by atomic mass is 10.2. The molecule has 0 unspecified atom stereocenters. The lowest BCUT2D eigenvalue weighted by Gasteiger charge is -2.01. The van der Waals surface area contributed by atoms with Gasteiger partial charge >= 0.3 is 18.0 Å². The zero-order chi connectivity index (χ0) is 15.9. The third kappa shape index (κ3) is 2.50. The number of fused-ring (bicyclic) bond motifs is 1. The summed E-state index contributed by atoms with van der Waals surface area (Å²) in [4.78, 5) is 18.1. The first-order valence-electron chi connectivity index (χ1n) is 5.92. The minimum absolute atomic E-state index is 0.239. The fourth-order valence-electron chi connectivity index (χ4n) is 1.92. The number of halogens is 3. The van der Waals surface area contributed by atoms with Crippen molar-refractivity contribution >= 4 is 17.0 Å². The Balaban J connectivity index is 2.04. The molecule has 3 aromatic rings. The normalized spacial score (nSPS) is 12.0. The van der Waals surface area contributed by atoms with E-state index in [9.17, 15) is 18.0 Å². The van der Waals surface area contributed by atoms with Crippen molar-refractivity contribution in [3.05, 3.63) is 30.4 Å². The van der Waals surface area contributed by atoms with Gasteiger partial charge in [-0.15, -0.1) is 0 Å². The first-order valence-corrected chi connectivity index (χ1v) is 5.92. The van der Waals surface area contributed by atoms with Gasteiger partial charge in [0.1, 0.15) is 6.54 Å². The highest BCUT2D eigenvalue weighted by Gasteiger charge is 2.38. The Morgan fingerprint density at radius 2 is 2.14 bits per heavy atom. The number of imidazole rings is 1. The average Bonchev–Trinajstić information content (AvgIpc) is 3.04. The average molecular weight is 312 g/mol. The van der Waals surface area contributed by atoms with Crippen molar-refractivity contribution in [3.8, 4) is 11.4 Å². The third-order valence-corrected chi connectivity index (χ3v) is 2.85. The van der Waals surface area contributed by atoms with Crippen molar-refractivity contribution in [2.45, 2.75) is 12.7 Å². The highest BCUT2D eigenvalue weighted by atomic mass is 19.4. The second-order valence-corrected chi connectivity index (χ2v) is 4.39. The lowest BCUT2D eigenvalue weighted by molar-refractivity contribution is -0.159. The standard InChI is InChI=1S/C12H7F3N4O3/c13-12(14,15)11-17-10(18-22-11)6-1-2-7-8(3-6)19(5-16-7)4-9(20)21/h1-3,5H,4H2,(H,20,21). The van der Waals surface area contributed by atoms with Crippen LogP contribution in [0.5, 0.6) is 0 Å². The first kappa shape index (κ1) is 14.0. The topological polar surface area (TPSA) is 94.0 Å². The molecule has 2 aromatic heterocycles. The molecule has 1 N–H and O–H groups in total. The van der Waals surface area contributed by atoms with Crippen molar-refractivity contribution in [2.75, 3.05) is 0 Å². The Bertz CT molecular complexity index is 853. The fraction of sp³-hybridized carbons (Fsp3) is 0.167. The van der Waals surface area contributed by atoms with Crippen LogP contribution in [0.1, 0.15) is 5.89 Å². The molecule has 0 fully saturated rings. The Morgan fingerprint density at radius 1 is 1.36 bits per heavy atom. The maximum Gasteiger partial charge on any atom is 0.471 e. The zero-order valence-electron chi connectivity index (χ0n) is 10.7. The highest BCUT2D eigenvalue weighted by molar-refractivity contribution is 5.82. The van der Waals surface area contributed by atoms with Gasteiger partial charge in [-0.05, 0) is 18.2 Å². The van der Waals surface area contributed by atoms with Crippen LogP contribution in [0.4, 0.5) is 13.2 Å². The van der Waals surface area contributed by atoms with Gasteiger partial charge < -0.3 is 14.2 Å². The first-order chi connectivity index (χ1) is 10.3. The van der Waals surface area contributed by atoms with E-state index in [-0.39, 0.29) is 17.9 Å². The number of benzene rings is 1. The van der Waals surface area contributed by atoms with Gasteiger partial charge in [-0.25, -0.2) is 4.98 Å². The quantitative estimate of drug-likeness (QED) is 0.796. The van der Waals surface area contributed by atoms with E-state index in [1.807, 2.05) is 0 Å². The molecule has 0 aliphatic rings. The summed E-state index contributed by atoms with van der Waals surface area (Å²) >= 11 is 0. The summed E-state index contributed by atoms with van der Waals surface area (Å²) in [5, 5.41) is 12.1. The molecule has 0 atom stereocenters. The van der Waals surface area contributed by atoms with Gasteiger partial charge in [-0.2, -0.15) is 18.2 Å².